The standard InChI is InChI=1S/C15H21N3O4/c19-14(8-18-6-1-5-16-15(18)20)17-12-10-21-7-4-13(12)22-9-11-2-3-11/h1,5-6,11-13H,2-4,7-10H2,(H,17,19)/t12-,13+/m1/s1. The molecule has 3 rings (SSSR count). The molecule has 1 aromatic heterocycles. The molecule has 1 aromatic rings. The van der Waals surface area contributed by atoms with E-state index in [1.165, 1.54) is 23.6 Å². The van der Waals surface area contributed by atoms with Crippen LogP contribution in [0, 0.1) is 5.92 Å². The molecular weight excluding hydrogens is 286 g/mol. The van der Waals surface area contributed by atoms with Crippen molar-refractivity contribution in [1.82, 2.24) is 14.9 Å². The van der Waals surface area contributed by atoms with Gasteiger partial charge in [-0.3, -0.25) is 9.36 Å². The molecule has 0 spiro atoms. The van der Waals surface area contributed by atoms with Gasteiger partial charge in [-0.2, -0.15) is 0 Å². The number of hydrogen-bond donors (Lipinski definition) is 1. The Morgan fingerprint density at radius 3 is 3.09 bits per heavy atom. The van der Waals surface area contributed by atoms with Crippen molar-refractivity contribution in [2.45, 2.75) is 38.0 Å². The second-order valence-corrected chi connectivity index (χ2v) is 5.88. The van der Waals surface area contributed by atoms with Crippen LogP contribution < -0.4 is 11.0 Å². The quantitative estimate of drug-likeness (QED) is 0.796. The molecule has 0 aromatic carbocycles. The van der Waals surface area contributed by atoms with Crippen LogP contribution >= 0.6 is 0 Å². The monoisotopic (exact) mass is 307 g/mol. The summed E-state index contributed by atoms with van der Waals surface area (Å²) in [5.74, 6) is 0.457. The molecule has 0 radical (unpaired) electrons. The van der Waals surface area contributed by atoms with Gasteiger partial charge in [0, 0.05) is 25.6 Å². The van der Waals surface area contributed by atoms with Gasteiger partial charge in [0.25, 0.3) is 0 Å². The van der Waals surface area contributed by atoms with Crippen molar-refractivity contribution in [3.8, 4) is 0 Å². The number of carbonyl (C=O) groups is 1. The summed E-state index contributed by atoms with van der Waals surface area (Å²) in [6.07, 6.45) is 6.21. The van der Waals surface area contributed by atoms with Gasteiger partial charge in [-0.15, -0.1) is 0 Å². The molecule has 1 N–H and O–H groups in total. The lowest BCUT2D eigenvalue weighted by Crippen LogP contribution is -2.51. The Kier molecular flexibility index (Phi) is 4.84. The van der Waals surface area contributed by atoms with E-state index in [4.69, 9.17) is 9.47 Å². The molecule has 1 saturated carbocycles. The van der Waals surface area contributed by atoms with Gasteiger partial charge in [0.05, 0.1) is 18.8 Å². The highest BCUT2D eigenvalue weighted by Gasteiger charge is 2.30. The van der Waals surface area contributed by atoms with Gasteiger partial charge in [-0.1, -0.05) is 0 Å². The maximum atomic E-state index is 12.1. The fourth-order valence-corrected chi connectivity index (χ4v) is 2.51. The van der Waals surface area contributed by atoms with Gasteiger partial charge >= 0.3 is 5.69 Å². The molecule has 1 aliphatic heterocycles. The van der Waals surface area contributed by atoms with Gasteiger partial charge < -0.3 is 14.8 Å². The van der Waals surface area contributed by atoms with E-state index in [0.29, 0.717) is 19.1 Å². The highest BCUT2D eigenvalue weighted by molar-refractivity contribution is 5.76. The van der Waals surface area contributed by atoms with E-state index in [1.54, 1.807) is 12.3 Å². The molecule has 0 bridgehead atoms. The van der Waals surface area contributed by atoms with E-state index >= 15 is 0 Å². The van der Waals surface area contributed by atoms with Crippen LogP contribution in [0.4, 0.5) is 0 Å². The van der Waals surface area contributed by atoms with E-state index in [-0.39, 0.29) is 24.6 Å². The molecule has 1 saturated heterocycles. The predicted octanol–water partition coefficient (Wildman–Crippen LogP) is -0.0564. The zero-order valence-corrected chi connectivity index (χ0v) is 12.4. The van der Waals surface area contributed by atoms with Crippen molar-refractivity contribution in [3.63, 3.8) is 0 Å². The van der Waals surface area contributed by atoms with Crippen LogP contribution in [0.25, 0.3) is 0 Å². The first-order chi connectivity index (χ1) is 10.7. The maximum Gasteiger partial charge on any atom is 0.347 e. The molecule has 7 heteroatoms. The van der Waals surface area contributed by atoms with Crippen molar-refractivity contribution in [1.29, 1.82) is 0 Å². The minimum Gasteiger partial charge on any atom is -0.379 e. The van der Waals surface area contributed by atoms with Gasteiger partial charge in [0.15, 0.2) is 0 Å². The Bertz CT molecular complexity index is 570. The summed E-state index contributed by atoms with van der Waals surface area (Å²) in [5.41, 5.74) is -0.431. The summed E-state index contributed by atoms with van der Waals surface area (Å²) in [4.78, 5) is 27.3. The summed E-state index contributed by atoms with van der Waals surface area (Å²) in [5, 5.41) is 2.91. The predicted molar refractivity (Wildman–Crippen MR) is 78.3 cm³/mol. The number of nitrogens with one attached hydrogen (secondary N) is 1. The summed E-state index contributed by atoms with van der Waals surface area (Å²) >= 11 is 0. The molecule has 1 amide bonds. The van der Waals surface area contributed by atoms with Gasteiger partial charge in [0.2, 0.25) is 5.91 Å². The highest BCUT2D eigenvalue weighted by Crippen LogP contribution is 2.30. The first-order valence-electron chi connectivity index (χ1n) is 7.72. The number of nitrogens with zero attached hydrogens (tertiary/aromatic N) is 2. The fourth-order valence-electron chi connectivity index (χ4n) is 2.51. The summed E-state index contributed by atoms with van der Waals surface area (Å²) in [6, 6.07) is 1.47. The van der Waals surface area contributed by atoms with Crippen LogP contribution in [0.2, 0.25) is 0 Å². The van der Waals surface area contributed by atoms with E-state index in [1.807, 2.05) is 0 Å². The van der Waals surface area contributed by atoms with Crippen molar-refractivity contribution in [3.05, 3.63) is 28.9 Å². The van der Waals surface area contributed by atoms with E-state index in [9.17, 15) is 9.59 Å². The van der Waals surface area contributed by atoms with Crippen molar-refractivity contribution in [2.75, 3.05) is 19.8 Å². The number of carbonyl (C=O) groups excluding carboxylic acids is 1. The Morgan fingerprint density at radius 2 is 2.32 bits per heavy atom. The minimum absolute atomic E-state index is 0.0103. The van der Waals surface area contributed by atoms with Crippen LogP contribution in [0.3, 0.4) is 0 Å². The first-order valence-corrected chi connectivity index (χ1v) is 7.72. The molecule has 2 aliphatic rings. The third kappa shape index (κ3) is 4.14. The Morgan fingerprint density at radius 1 is 1.45 bits per heavy atom. The molecular formula is C15H21N3O4. The average molecular weight is 307 g/mol. The second kappa shape index (κ2) is 7.02. The number of aromatic nitrogens is 2. The highest BCUT2D eigenvalue weighted by atomic mass is 16.5. The van der Waals surface area contributed by atoms with Crippen LogP contribution in [-0.4, -0.2) is 47.4 Å². The first kappa shape index (κ1) is 15.2. The molecule has 2 fully saturated rings. The molecule has 7 nitrogen and oxygen atoms in total. The largest absolute Gasteiger partial charge is 0.379 e. The second-order valence-electron chi connectivity index (χ2n) is 5.88. The van der Waals surface area contributed by atoms with E-state index < -0.39 is 5.69 Å². The molecule has 2 atom stereocenters. The molecule has 22 heavy (non-hydrogen) atoms. The summed E-state index contributed by atoms with van der Waals surface area (Å²) in [7, 11) is 0. The van der Waals surface area contributed by atoms with Gasteiger partial charge in [-0.25, -0.2) is 9.78 Å². The molecule has 0 unspecified atom stereocenters. The minimum atomic E-state index is -0.431. The van der Waals surface area contributed by atoms with Gasteiger partial charge in [-0.05, 0) is 31.2 Å². The number of rotatable bonds is 6. The van der Waals surface area contributed by atoms with Crippen molar-refractivity contribution < 1.29 is 14.3 Å². The maximum absolute atomic E-state index is 12.1. The van der Waals surface area contributed by atoms with Crippen LogP contribution in [0.1, 0.15) is 19.3 Å². The fraction of sp³-hybridized carbons (Fsp3) is 0.667. The SMILES string of the molecule is O=C(Cn1cccnc1=O)N[C@@H]1COCC[C@@H]1OCC1CC1. The lowest BCUT2D eigenvalue weighted by molar-refractivity contribution is -0.126. The van der Waals surface area contributed by atoms with Crippen LogP contribution in [-0.2, 0) is 20.8 Å². The van der Waals surface area contributed by atoms with Crippen LogP contribution in [0.15, 0.2) is 23.3 Å². The summed E-state index contributed by atoms with van der Waals surface area (Å²) in [6.45, 7) is 1.82. The number of amides is 1. The molecule has 120 valence electrons. The van der Waals surface area contributed by atoms with E-state index in [2.05, 4.69) is 10.3 Å². The van der Waals surface area contributed by atoms with Crippen molar-refractivity contribution in [2.24, 2.45) is 5.92 Å². The number of hydrogen-bond acceptors (Lipinski definition) is 5. The Labute approximate surface area is 128 Å². The third-order valence-electron chi connectivity index (χ3n) is 3.98. The molecule has 2 heterocycles. The van der Waals surface area contributed by atoms with E-state index in [0.717, 1.165) is 13.0 Å². The molecule has 1 aliphatic carbocycles. The third-order valence-corrected chi connectivity index (χ3v) is 3.98. The normalized spacial score (nSPS) is 24.9. The topological polar surface area (TPSA) is 82.5 Å². The Hall–Kier alpha value is -1.73. The summed E-state index contributed by atoms with van der Waals surface area (Å²) < 4.78 is 12.6. The van der Waals surface area contributed by atoms with Crippen molar-refractivity contribution >= 4 is 5.91 Å². The lowest BCUT2D eigenvalue weighted by Gasteiger charge is -2.32. The zero-order valence-electron chi connectivity index (χ0n) is 12.4. The number of ether oxygens (including phenoxy) is 2. The Balaban J connectivity index is 1.53. The van der Waals surface area contributed by atoms with Crippen LogP contribution in [0.5, 0.6) is 0 Å². The smallest absolute Gasteiger partial charge is 0.347 e. The average Bonchev–Trinajstić information content (AvgIpc) is 3.33. The zero-order chi connectivity index (χ0) is 15.4. The lowest BCUT2D eigenvalue weighted by atomic mass is 10.1. The van der Waals surface area contributed by atoms with Gasteiger partial charge in [0.1, 0.15) is 6.54 Å².